The molecule has 0 atom stereocenters. The normalized spacial score (nSPS) is 14.1. The van der Waals surface area contributed by atoms with Crippen LogP contribution in [0.2, 0.25) is 0 Å². The summed E-state index contributed by atoms with van der Waals surface area (Å²) in [5, 5.41) is 2.94. The molecule has 0 aliphatic carbocycles. The Morgan fingerprint density at radius 1 is 1.19 bits per heavy atom. The molecule has 1 aromatic carbocycles. The molecule has 164 valence electrons. The van der Waals surface area contributed by atoms with E-state index in [1.165, 1.54) is 17.0 Å². The lowest BCUT2D eigenvalue weighted by Crippen LogP contribution is -2.41. The Kier molecular flexibility index (Phi) is 6.73. The van der Waals surface area contributed by atoms with Gasteiger partial charge in [0.1, 0.15) is 10.8 Å². The van der Waals surface area contributed by atoms with Gasteiger partial charge in [0, 0.05) is 42.0 Å². The van der Waals surface area contributed by atoms with Crippen LogP contribution in [-0.2, 0) is 28.9 Å². The molecular formula is C24H29N3O3S. The predicted octanol–water partition coefficient (Wildman–Crippen LogP) is 3.88. The highest BCUT2D eigenvalue weighted by Gasteiger charge is 2.19. The van der Waals surface area contributed by atoms with Gasteiger partial charge >= 0.3 is 0 Å². The first-order valence-electron chi connectivity index (χ1n) is 10.6. The van der Waals surface area contributed by atoms with Crippen molar-refractivity contribution in [3.8, 4) is 17.0 Å². The molecule has 31 heavy (non-hydrogen) atoms. The van der Waals surface area contributed by atoms with Gasteiger partial charge in [0.25, 0.3) is 0 Å². The summed E-state index contributed by atoms with van der Waals surface area (Å²) in [6, 6.07) is 10.4. The van der Waals surface area contributed by atoms with Gasteiger partial charge in [-0.2, -0.15) is 0 Å². The van der Waals surface area contributed by atoms with Crippen molar-refractivity contribution in [3.05, 3.63) is 57.7 Å². The first-order chi connectivity index (χ1) is 15.0. The summed E-state index contributed by atoms with van der Waals surface area (Å²) in [6.07, 6.45) is 1.32. The zero-order chi connectivity index (χ0) is 21.8. The summed E-state index contributed by atoms with van der Waals surface area (Å²) in [5.41, 5.74) is 5.82. The Hall–Kier alpha value is -2.64. The molecule has 3 aromatic rings. The number of carbonyl (C=O) groups is 1. The fourth-order valence-electron chi connectivity index (χ4n) is 4.01. The molecule has 1 fully saturated rings. The van der Waals surface area contributed by atoms with Crippen LogP contribution in [0.5, 0.6) is 5.75 Å². The van der Waals surface area contributed by atoms with Gasteiger partial charge in [0.15, 0.2) is 0 Å². The molecule has 1 saturated heterocycles. The van der Waals surface area contributed by atoms with Crippen molar-refractivity contribution in [1.29, 1.82) is 0 Å². The SMILES string of the molecule is COc1ccc(CCn2c(C)cc(-c3csc(CC(=O)N4CCOCC4)n3)c2C)cc1. The van der Waals surface area contributed by atoms with E-state index in [0.29, 0.717) is 32.7 Å². The van der Waals surface area contributed by atoms with Gasteiger partial charge in [-0.3, -0.25) is 4.79 Å². The van der Waals surface area contributed by atoms with Gasteiger partial charge in [-0.25, -0.2) is 4.98 Å². The molecule has 7 heteroatoms. The third-order valence-corrected chi connectivity index (χ3v) is 6.70. The minimum atomic E-state index is 0.133. The third-order valence-electron chi connectivity index (χ3n) is 5.85. The van der Waals surface area contributed by atoms with Crippen LogP contribution in [0.4, 0.5) is 0 Å². The maximum atomic E-state index is 12.5. The lowest BCUT2D eigenvalue weighted by molar-refractivity contribution is -0.134. The van der Waals surface area contributed by atoms with Crippen LogP contribution >= 0.6 is 11.3 Å². The van der Waals surface area contributed by atoms with Gasteiger partial charge < -0.3 is 18.9 Å². The molecule has 2 aromatic heterocycles. The van der Waals surface area contributed by atoms with Crippen molar-refractivity contribution >= 4 is 17.2 Å². The molecule has 1 amide bonds. The molecule has 1 aliphatic rings. The Bertz CT molecular complexity index is 1030. The quantitative estimate of drug-likeness (QED) is 0.561. The number of amides is 1. The van der Waals surface area contributed by atoms with E-state index in [0.717, 1.165) is 35.0 Å². The average molecular weight is 440 g/mol. The number of morpholine rings is 1. The lowest BCUT2D eigenvalue weighted by Gasteiger charge is -2.26. The number of rotatable bonds is 7. The highest BCUT2D eigenvalue weighted by Crippen LogP contribution is 2.29. The zero-order valence-corrected chi connectivity index (χ0v) is 19.2. The number of thiazole rings is 1. The fraction of sp³-hybridized carbons (Fsp3) is 0.417. The van der Waals surface area contributed by atoms with Crippen molar-refractivity contribution in [2.75, 3.05) is 33.4 Å². The van der Waals surface area contributed by atoms with Gasteiger partial charge in [0.2, 0.25) is 5.91 Å². The van der Waals surface area contributed by atoms with E-state index < -0.39 is 0 Å². The van der Waals surface area contributed by atoms with Crippen LogP contribution in [-0.4, -0.2) is 53.8 Å². The summed E-state index contributed by atoms with van der Waals surface area (Å²) in [7, 11) is 1.69. The Labute approximate surface area is 187 Å². The number of nitrogens with zero attached hydrogens (tertiary/aromatic N) is 3. The topological polar surface area (TPSA) is 56.6 Å². The molecule has 0 N–H and O–H groups in total. The zero-order valence-electron chi connectivity index (χ0n) is 18.4. The molecule has 0 saturated carbocycles. The highest BCUT2D eigenvalue weighted by atomic mass is 32.1. The Morgan fingerprint density at radius 3 is 2.65 bits per heavy atom. The summed E-state index contributed by atoms with van der Waals surface area (Å²) in [4.78, 5) is 19.2. The summed E-state index contributed by atoms with van der Waals surface area (Å²) in [5.74, 6) is 1.01. The van der Waals surface area contributed by atoms with E-state index in [1.807, 2.05) is 17.0 Å². The van der Waals surface area contributed by atoms with E-state index in [2.05, 4.69) is 42.0 Å². The van der Waals surface area contributed by atoms with Gasteiger partial charge in [0.05, 0.1) is 32.4 Å². The number of methoxy groups -OCH3 is 1. The molecule has 6 nitrogen and oxygen atoms in total. The molecule has 0 radical (unpaired) electrons. The first kappa shape index (κ1) is 21.6. The number of ether oxygens (including phenoxy) is 2. The third kappa shape index (κ3) is 4.99. The second-order valence-corrected chi connectivity index (χ2v) is 8.77. The summed E-state index contributed by atoms with van der Waals surface area (Å²) >= 11 is 1.56. The number of hydrogen-bond acceptors (Lipinski definition) is 5. The largest absolute Gasteiger partial charge is 0.497 e. The molecule has 0 spiro atoms. The summed E-state index contributed by atoms with van der Waals surface area (Å²) < 4.78 is 12.9. The van der Waals surface area contributed by atoms with Crippen molar-refractivity contribution in [3.63, 3.8) is 0 Å². The van der Waals surface area contributed by atoms with Crippen molar-refractivity contribution < 1.29 is 14.3 Å². The van der Waals surface area contributed by atoms with Crippen molar-refractivity contribution in [2.45, 2.75) is 33.2 Å². The van der Waals surface area contributed by atoms with Gasteiger partial charge in [-0.1, -0.05) is 12.1 Å². The number of carbonyl (C=O) groups excluding carboxylic acids is 1. The number of hydrogen-bond donors (Lipinski definition) is 0. The summed E-state index contributed by atoms with van der Waals surface area (Å²) in [6.45, 7) is 7.79. The maximum absolute atomic E-state index is 12.5. The van der Waals surface area contributed by atoms with E-state index >= 15 is 0 Å². The molecule has 0 unspecified atom stereocenters. The molecule has 3 heterocycles. The minimum Gasteiger partial charge on any atom is -0.497 e. The Morgan fingerprint density at radius 2 is 1.94 bits per heavy atom. The standard InChI is InChI=1S/C24H29N3O3S/c1-17-14-21(18(2)27(17)9-8-19-4-6-20(29-3)7-5-19)22-16-31-23(25-22)15-24(28)26-10-12-30-13-11-26/h4-7,14,16H,8-13,15H2,1-3H3. The number of aryl methyl sites for hydroxylation is 2. The smallest absolute Gasteiger partial charge is 0.229 e. The molecule has 0 bridgehead atoms. The van der Waals surface area contributed by atoms with Crippen LogP contribution in [0.1, 0.15) is 22.0 Å². The molecule has 4 rings (SSSR count). The van der Waals surface area contributed by atoms with Crippen LogP contribution < -0.4 is 4.74 Å². The van der Waals surface area contributed by atoms with Crippen LogP contribution in [0, 0.1) is 13.8 Å². The monoisotopic (exact) mass is 439 g/mol. The Balaban J connectivity index is 1.43. The predicted molar refractivity (Wildman–Crippen MR) is 123 cm³/mol. The first-order valence-corrected chi connectivity index (χ1v) is 11.5. The van der Waals surface area contributed by atoms with E-state index in [1.54, 1.807) is 18.4 Å². The fourth-order valence-corrected chi connectivity index (χ4v) is 4.79. The van der Waals surface area contributed by atoms with Crippen LogP contribution in [0.15, 0.2) is 35.7 Å². The lowest BCUT2D eigenvalue weighted by atomic mass is 10.1. The average Bonchev–Trinajstić information content (AvgIpc) is 3.37. The second-order valence-electron chi connectivity index (χ2n) is 7.83. The maximum Gasteiger partial charge on any atom is 0.229 e. The van der Waals surface area contributed by atoms with Crippen LogP contribution in [0.25, 0.3) is 11.3 Å². The highest BCUT2D eigenvalue weighted by molar-refractivity contribution is 7.10. The van der Waals surface area contributed by atoms with Crippen molar-refractivity contribution in [1.82, 2.24) is 14.5 Å². The van der Waals surface area contributed by atoms with Gasteiger partial charge in [-0.15, -0.1) is 11.3 Å². The van der Waals surface area contributed by atoms with E-state index in [4.69, 9.17) is 14.5 Å². The number of benzene rings is 1. The van der Waals surface area contributed by atoms with Crippen molar-refractivity contribution in [2.24, 2.45) is 0 Å². The van der Waals surface area contributed by atoms with Gasteiger partial charge in [-0.05, 0) is 44.0 Å². The minimum absolute atomic E-state index is 0.133. The van der Waals surface area contributed by atoms with E-state index in [-0.39, 0.29) is 5.91 Å². The van der Waals surface area contributed by atoms with E-state index in [9.17, 15) is 4.79 Å². The van der Waals surface area contributed by atoms with Crippen LogP contribution in [0.3, 0.4) is 0 Å². The second kappa shape index (κ2) is 9.66. The molecule has 1 aliphatic heterocycles. The number of aromatic nitrogens is 2. The molecular weight excluding hydrogens is 410 g/mol.